The third kappa shape index (κ3) is 3.15. The maximum absolute atomic E-state index is 11.9. The number of alkyl halides is 3. The maximum atomic E-state index is 11.9. The van der Waals surface area contributed by atoms with Crippen molar-refractivity contribution in [3.05, 3.63) is 29.8 Å². The molecule has 0 aromatic heterocycles. The van der Waals surface area contributed by atoms with Crippen LogP contribution in [0, 0.1) is 5.92 Å². The van der Waals surface area contributed by atoms with Gasteiger partial charge >= 0.3 is 12.1 Å². The van der Waals surface area contributed by atoms with Crippen molar-refractivity contribution in [2.24, 2.45) is 5.92 Å². The fourth-order valence-corrected chi connectivity index (χ4v) is 1.81. The van der Waals surface area contributed by atoms with E-state index in [-0.39, 0.29) is 17.6 Å². The normalized spacial score (nSPS) is 22.6. The van der Waals surface area contributed by atoms with Crippen molar-refractivity contribution in [3.8, 4) is 5.75 Å². The Hall–Kier alpha value is -1.72. The van der Waals surface area contributed by atoms with Gasteiger partial charge in [0.1, 0.15) is 5.75 Å². The van der Waals surface area contributed by atoms with E-state index in [1.807, 2.05) is 0 Å². The number of rotatable bonds is 4. The van der Waals surface area contributed by atoms with E-state index < -0.39 is 18.8 Å². The van der Waals surface area contributed by atoms with E-state index >= 15 is 0 Å². The van der Waals surface area contributed by atoms with Crippen molar-refractivity contribution in [1.29, 1.82) is 0 Å². The van der Waals surface area contributed by atoms with Gasteiger partial charge in [0.25, 0.3) is 0 Å². The summed E-state index contributed by atoms with van der Waals surface area (Å²) in [7, 11) is 0. The maximum Gasteiger partial charge on any atom is 0.422 e. The summed E-state index contributed by atoms with van der Waals surface area (Å²) in [5.41, 5.74) is 0.821. The summed E-state index contributed by atoms with van der Waals surface area (Å²) in [6.07, 6.45) is -3.78. The van der Waals surface area contributed by atoms with Gasteiger partial charge in [0, 0.05) is 0 Å². The minimum absolute atomic E-state index is 0.0285. The monoisotopic (exact) mass is 260 g/mol. The molecule has 1 fully saturated rings. The first kappa shape index (κ1) is 12.7. The summed E-state index contributed by atoms with van der Waals surface area (Å²) >= 11 is 0. The molecule has 1 saturated carbocycles. The van der Waals surface area contributed by atoms with Crippen molar-refractivity contribution in [2.45, 2.75) is 18.5 Å². The van der Waals surface area contributed by atoms with Crippen LogP contribution in [0.25, 0.3) is 0 Å². The number of hydrogen-bond acceptors (Lipinski definition) is 2. The van der Waals surface area contributed by atoms with Crippen molar-refractivity contribution in [1.82, 2.24) is 0 Å². The first-order valence-electron chi connectivity index (χ1n) is 5.39. The molecular formula is C12H11F3O3. The summed E-state index contributed by atoms with van der Waals surface area (Å²) in [6.45, 7) is -1.33. The van der Waals surface area contributed by atoms with E-state index in [0.717, 1.165) is 5.56 Å². The smallest absolute Gasteiger partial charge is 0.422 e. The largest absolute Gasteiger partial charge is 0.484 e. The molecule has 0 saturated heterocycles. The number of carboxylic acids is 1. The SMILES string of the molecule is O=C(O)[C@H]1C[C@@H]1c1ccc(OCC(F)(F)F)cc1. The molecule has 1 N–H and O–H groups in total. The fourth-order valence-electron chi connectivity index (χ4n) is 1.81. The second-order valence-corrected chi connectivity index (χ2v) is 4.26. The molecule has 6 heteroatoms. The first-order chi connectivity index (χ1) is 8.37. The summed E-state index contributed by atoms with van der Waals surface area (Å²) in [5.74, 6) is -1.10. The Labute approximate surface area is 101 Å². The van der Waals surface area contributed by atoms with Gasteiger partial charge in [-0.25, -0.2) is 0 Å². The van der Waals surface area contributed by atoms with Crippen molar-refractivity contribution in [3.63, 3.8) is 0 Å². The molecular weight excluding hydrogens is 249 g/mol. The zero-order chi connectivity index (χ0) is 13.3. The molecule has 18 heavy (non-hydrogen) atoms. The van der Waals surface area contributed by atoms with Gasteiger partial charge in [-0.3, -0.25) is 4.79 Å². The van der Waals surface area contributed by atoms with E-state index in [0.29, 0.717) is 6.42 Å². The predicted molar refractivity (Wildman–Crippen MR) is 56.5 cm³/mol. The van der Waals surface area contributed by atoms with Crippen molar-refractivity contribution >= 4 is 5.97 Å². The second-order valence-electron chi connectivity index (χ2n) is 4.26. The molecule has 0 spiro atoms. The number of carbonyl (C=O) groups is 1. The summed E-state index contributed by atoms with van der Waals surface area (Å²) < 4.78 is 40.3. The molecule has 0 heterocycles. The molecule has 2 atom stereocenters. The van der Waals surface area contributed by atoms with Crippen LogP contribution in [-0.2, 0) is 4.79 Å². The van der Waals surface area contributed by atoms with Crippen LogP contribution in [0.1, 0.15) is 17.9 Å². The highest BCUT2D eigenvalue weighted by Gasteiger charge is 2.44. The highest BCUT2D eigenvalue weighted by molar-refractivity contribution is 5.75. The first-order valence-corrected chi connectivity index (χ1v) is 5.39. The van der Waals surface area contributed by atoms with Gasteiger partial charge in [0.05, 0.1) is 5.92 Å². The molecule has 0 bridgehead atoms. The van der Waals surface area contributed by atoms with Gasteiger partial charge in [0.15, 0.2) is 6.61 Å². The van der Waals surface area contributed by atoms with Crippen LogP contribution < -0.4 is 4.74 Å². The molecule has 3 nitrogen and oxygen atoms in total. The molecule has 98 valence electrons. The lowest BCUT2D eigenvalue weighted by Crippen LogP contribution is -2.19. The third-order valence-electron chi connectivity index (χ3n) is 2.82. The lowest BCUT2D eigenvalue weighted by molar-refractivity contribution is -0.153. The van der Waals surface area contributed by atoms with Gasteiger partial charge in [0.2, 0.25) is 0 Å². The van der Waals surface area contributed by atoms with Crippen LogP contribution in [0.15, 0.2) is 24.3 Å². The molecule has 1 aromatic rings. The summed E-state index contributed by atoms with van der Waals surface area (Å²) in [6, 6.07) is 6.08. The predicted octanol–water partition coefficient (Wildman–Crippen LogP) is 2.82. The van der Waals surface area contributed by atoms with E-state index in [9.17, 15) is 18.0 Å². The topological polar surface area (TPSA) is 46.5 Å². The van der Waals surface area contributed by atoms with Crippen LogP contribution in [0.2, 0.25) is 0 Å². The Kier molecular flexibility index (Phi) is 3.19. The Balaban J connectivity index is 1.93. The van der Waals surface area contributed by atoms with Gasteiger partial charge in [-0.1, -0.05) is 12.1 Å². The number of benzene rings is 1. The number of ether oxygens (including phenoxy) is 1. The third-order valence-corrected chi connectivity index (χ3v) is 2.82. The van der Waals surface area contributed by atoms with Gasteiger partial charge in [-0.15, -0.1) is 0 Å². The number of hydrogen-bond donors (Lipinski definition) is 1. The number of halogens is 3. The molecule has 2 rings (SSSR count). The lowest BCUT2D eigenvalue weighted by Gasteiger charge is -2.09. The Morgan fingerprint density at radius 2 is 1.94 bits per heavy atom. The highest BCUT2D eigenvalue weighted by Crippen LogP contribution is 2.47. The summed E-state index contributed by atoms with van der Waals surface area (Å²) in [4.78, 5) is 10.7. The minimum Gasteiger partial charge on any atom is -0.484 e. The molecule has 1 aliphatic rings. The van der Waals surface area contributed by atoms with Crippen molar-refractivity contribution < 1.29 is 27.8 Å². The molecule has 0 aliphatic heterocycles. The zero-order valence-corrected chi connectivity index (χ0v) is 9.28. The van der Waals surface area contributed by atoms with Crippen LogP contribution in [0.3, 0.4) is 0 Å². The van der Waals surface area contributed by atoms with E-state index in [1.165, 1.54) is 12.1 Å². The van der Waals surface area contributed by atoms with Crippen LogP contribution in [0.4, 0.5) is 13.2 Å². The highest BCUT2D eigenvalue weighted by atomic mass is 19.4. The molecule has 0 radical (unpaired) electrons. The lowest BCUT2D eigenvalue weighted by atomic mass is 10.1. The van der Waals surface area contributed by atoms with Crippen LogP contribution in [0.5, 0.6) is 5.75 Å². The Bertz CT molecular complexity index is 439. The number of aliphatic carboxylic acids is 1. The second kappa shape index (κ2) is 4.51. The summed E-state index contributed by atoms with van der Waals surface area (Å²) in [5, 5.41) is 8.76. The van der Waals surface area contributed by atoms with Crippen LogP contribution in [-0.4, -0.2) is 23.9 Å². The van der Waals surface area contributed by atoms with Gasteiger partial charge in [-0.2, -0.15) is 13.2 Å². The quantitative estimate of drug-likeness (QED) is 0.905. The van der Waals surface area contributed by atoms with Gasteiger partial charge < -0.3 is 9.84 Å². The molecule has 0 unspecified atom stereocenters. The van der Waals surface area contributed by atoms with Gasteiger partial charge in [-0.05, 0) is 30.0 Å². The molecule has 1 aliphatic carbocycles. The standard InChI is InChI=1S/C12H11F3O3/c13-12(14,15)6-18-8-3-1-7(2-4-8)9-5-10(9)11(16)17/h1-4,9-10H,5-6H2,(H,16,17)/t9-,10+/m1/s1. The average Bonchev–Trinajstić information content (AvgIpc) is 3.06. The average molecular weight is 260 g/mol. The Morgan fingerprint density at radius 1 is 1.33 bits per heavy atom. The van der Waals surface area contributed by atoms with E-state index in [2.05, 4.69) is 4.74 Å². The van der Waals surface area contributed by atoms with Crippen molar-refractivity contribution in [2.75, 3.05) is 6.61 Å². The fraction of sp³-hybridized carbons (Fsp3) is 0.417. The Morgan fingerprint density at radius 3 is 2.39 bits per heavy atom. The molecule has 1 aromatic carbocycles. The van der Waals surface area contributed by atoms with Crippen LogP contribution >= 0.6 is 0 Å². The number of carboxylic acid groups (broad SMARTS) is 1. The minimum atomic E-state index is -4.36. The molecule has 0 amide bonds. The van der Waals surface area contributed by atoms with E-state index in [4.69, 9.17) is 5.11 Å². The zero-order valence-electron chi connectivity index (χ0n) is 9.28. The van der Waals surface area contributed by atoms with E-state index in [1.54, 1.807) is 12.1 Å².